The van der Waals surface area contributed by atoms with Gasteiger partial charge in [-0.1, -0.05) is 103 Å². The van der Waals surface area contributed by atoms with Gasteiger partial charge in [-0.15, -0.1) is 0 Å². The normalized spacial score (nSPS) is 12.0. The summed E-state index contributed by atoms with van der Waals surface area (Å²) < 4.78 is 11.1. The topological polar surface area (TPSA) is 44.5 Å². The van der Waals surface area contributed by atoms with Crippen molar-refractivity contribution in [1.82, 2.24) is 0 Å². The molecule has 0 spiro atoms. The zero-order valence-corrected chi connectivity index (χ0v) is 20.5. The van der Waals surface area contributed by atoms with Gasteiger partial charge in [0.1, 0.15) is 0 Å². The van der Waals surface area contributed by atoms with E-state index in [-0.39, 0.29) is 5.54 Å². The van der Waals surface area contributed by atoms with Crippen molar-refractivity contribution in [2.75, 3.05) is 26.4 Å². The molecule has 0 aromatic heterocycles. The SMILES string of the molecule is CCCCCCCCCCCCCCCCCC(N)(CCOCC)CCOCC. The fraction of sp³-hybridized carbons (Fsp3) is 1.00. The minimum absolute atomic E-state index is 0.110. The van der Waals surface area contributed by atoms with Crippen molar-refractivity contribution in [3.05, 3.63) is 0 Å². The van der Waals surface area contributed by atoms with E-state index in [1.807, 2.05) is 13.8 Å². The van der Waals surface area contributed by atoms with Gasteiger partial charge in [0.05, 0.1) is 0 Å². The van der Waals surface area contributed by atoms with Gasteiger partial charge in [0.25, 0.3) is 0 Å². The summed E-state index contributed by atoms with van der Waals surface area (Å²) in [7, 11) is 0. The van der Waals surface area contributed by atoms with Gasteiger partial charge >= 0.3 is 0 Å². The number of hydrogen-bond donors (Lipinski definition) is 1. The molecule has 0 bridgehead atoms. The van der Waals surface area contributed by atoms with E-state index < -0.39 is 0 Å². The molecule has 0 fully saturated rings. The van der Waals surface area contributed by atoms with E-state index in [0.717, 1.165) is 45.7 Å². The van der Waals surface area contributed by atoms with Gasteiger partial charge < -0.3 is 15.2 Å². The first-order valence-corrected chi connectivity index (χ1v) is 13.1. The fourth-order valence-electron chi connectivity index (χ4n) is 4.06. The maximum absolute atomic E-state index is 6.67. The lowest BCUT2D eigenvalue weighted by Gasteiger charge is -2.29. The predicted octanol–water partition coefficient (Wildman–Crippen LogP) is 7.80. The van der Waals surface area contributed by atoms with Crippen LogP contribution in [0.3, 0.4) is 0 Å². The second kappa shape index (κ2) is 22.6. The molecule has 0 atom stereocenters. The summed E-state index contributed by atoms with van der Waals surface area (Å²) in [5, 5.41) is 0. The van der Waals surface area contributed by atoms with Crippen LogP contribution in [0.5, 0.6) is 0 Å². The van der Waals surface area contributed by atoms with Crippen LogP contribution < -0.4 is 5.73 Å². The van der Waals surface area contributed by atoms with Gasteiger partial charge in [0.2, 0.25) is 0 Å². The molecule has 0 radical (unpaired) electrons. The maximum atomic E-state index is 6.67. The summed E-state index contributed by atoms with van der Waals surface area (Å²) in [6.45, 7) is 9.50. The lowest BCUT2D eigenvalue weighted by molar-refractivity contribution is 0.0930. The van der Waals surface area contributed by atoms with E-state index in [1.165, 1.54) is 96.3 Å². The largest absolute Gasteiger partial charge is 0.382 e. The van der Waals surface area contributed by atoms with Crippen molar-refractivity contribution < 1.29 is 9.47 Å². The molecule has 0 heterocycles. The van der Waals surface area contributed by atoms with Crippen LogP contribution in [0.25, 0.3) is 0 Å². The van der Waals surface area contributed by atoms with Crippen LogP contribution in [0, 0.1) is 0 Å². The van der Waals surface area contributed by atoms with E-state index in [2.05, 4.69) is 6.92 Å². The number of hydrogen-bond acceptors (Lipinski definition) is 3. The molecule has 0 saturated heterocycles. The molecule has 3 nitrogen and oxygen atoms in total. The molecule has 0 saturated carbocycles. The molecule has 0 unspecified atom stereocenters. The summed E-state index contributed by atoms with van der Waals surface area (Å²) in [6, 6.07) is 0. The van der Waals surface area contributed by atoms with Gasteiger partial charge in [-0.25, -0.2) is 0 Å². The number of unbranched alkanes of at least 4 members (excludes halogenated alkanes) is 14. The Bertz CT molecular complexity index is 299. The van der Waals surface area contributed by atoms with Gasteiger partial charge in [-0.2, -0.15) is 0 Å². The van der Waals surface area contributed by atoms with E-state index in [1.54, 1.807) is 0 Å². The zero-order chi connectivity index (χ0) is 21.5. The van der Waals surface area contributed by atoms with Crippen molar-refractivity contribution in [2.45, 2.75) is 142 Å². The fourth-order valence-corrected chi connectivity index (χ4v) is 4.06. The van der Waals surface area contributed by atoms with Crippen LogP contribution in [0.4, 0.5) is 0 Å². The molecule has 0 aliphatic rings. The maximum Gasteiger partial charge on any atom is 0.0483 e. The van der Waals surface area contributed by atoms with Crippen LogP contribution in [-0.2, 0) is 9.47 Å². The summed E-state index contributed by atoms with van der Waals surface area (Å²) in [5.74, 6) is 0. The molecule has 0 rings (SSSR count). The van der Waals surface area contributed by atoms with Gasteiger partial charge in [-0.05, 0) is 33.1 Å². The monoisotopic (exact) mass is 413 g/mol. The minimum Gasteiger partial charge on any atom is -0.382 e. The van der Waals surface area contributed by atoms with Gasteiger partial charge in [0.15, 0.2) is 0 Å². The lowest BCUT2D eigenvalue weighted by atomic mass is 9.87. The Labute approximate surface area is 183 Å². The lowest BCUT2D eigenvalue weighted by Crippen LogP contribution is -2.42. The smallest absolute Gasteiger partial charge is 0.0483 e. The first kappa shape index (κ1) is 28.9. The summed E-state index contributed by atoms with van der Waals surface area (Å²) in [4.78, 5) is 0. The highest BCUT2D eigenvalue weighted by Crippen LogP contribution is 2.22. The number of rotatable bonds is 24. The second-order valence-corrected chi connectivity index (χ2v) is 8.96. The van der Waals surface area contributed by atoms with Crippen LogP contribution in [-0.4, -0.2) is 32.0 Å². The third-order valence-electron chi connectivity index (χ3n) is 6.18. The molecule has 0 aliphatic heterocycles. The Hall–Kier alpha value is -0.120. The second-order valence-electron chi connectivity index (χ2n) is 8.96. The molecule has 3 heteroatoms. The molecular weight excluding hydrogens is 358 g/mol. The van der Waals surface area contributed by atoms with E-state index in [0.29, 0.717) is 0 Å². The predicted molar refractivity (Wildman–Crippen MR) is 129 cm³/mol. The molecule has 0 amide bonds. The Morgan fingerprint density at radius 1 is 0.483 bits per heavy atom. The van der Waals surface area contributed by atoms with Gasteiger partial charge in [0, 0.05) is 32.0 Å². The van der Waals surface area contributed by atoms with E-state index >= 15 is 0 Å². The van der Waals surface area contributed by atoms with Gasteiger partial charge in [-0.3, -0.25) is 0 Å². The van der Waals surface area contributed by atoms with Crippen LogP contribution in [0.1, 0.15) is 136 Å². The van der Waals surface area contributed by atoms with Crippen molar-refractivity contribution >= 4 is 0 Å². The van der Waals surface area contributed by atoms with E-state index in [4.69, 9.17) is 15.2 Å². The number of nitrogens with two attached hydrogens (primary N) is 1. The summed E-state index contributed by atoms with van der Waals surface area (Å²) >= 11 is 0. The van der Waals surface area contributed by atoms with Crippen molar-refractivity contribution in [3.63, 3.8) is 0 Å². The quantitative estimate of drug-likeness (QED) is 0.164. The highest BCUT2D eigenvalue weighted by Gasteiger charge is 2.23. The average molecular weight is 414 g/mol. The Balaban J connectivity index is 3.54. The van der Waals surface area contributed by atoms with Crippen LogP contribution >= 0.6 is 0 Å². The minimum atomic E-state index is -0.110. The molecule has 0 aromatic carbocycles. The zero-order valence-electron chi connectivity index (χ0n) is 20.5. The molecular formula is C26H55NO2. The van der Waals surface area contributed by atoms with E-state index in [9.17, 15) is 0 Å². The molecule has 0 aromatic rings. The first-order chi connectivity index (χ1) is 14.2. The summed E-state index contributed by atoms with van der Waals surface area (Å²) in [5.41, 5.74) is 6.56. The van der Waals surface area contributed by atoms with Crippen LogP contribution in [0.2, 0.25) is 0 Å². The number of ether oxygens (including phenoxy) is 2. The van der Waals surface area contributed by atoms with Crippen LogP contribution in [0.15, 0.2) is 0 Å². The third kappa shape index (κ3) is 20.9. The highest BCUT2D eigenvalue weighted by atomic mass is 16.5. The molecule has 2 N–H and O–H groups in total. The third-order valence-corrected chi connectivity index (χ3v) is 6.18. The highest BCUT2D eigenvalue weighted by molar-refractivity contribution is 4.84. The standard InChI is InChI=1S/C26H55NO2/c1-4-7-8-9-10-11-12-13-14-15-16-17-18-19-20-21-26(27,22-24-28-5-2)23-25-29-6-3/h4-25,27H2,1-3H3. The van der Waals surface area contributed by atoms with Crippen molar-refractivity contribution in [3.8, 4) is 0 Å². The summed E-state index contributed by atoms with van der Waals surface area (Å²) in [6.07, 6.45) is 24.1. The first-order valence-electron chi connectivity index (χ1n) is 13.1. The Kier molecular flexibility index (Phi) is 22.5. The Morgan fingerprint density at radius 2 is 0.828 bits per heavy atom. The molecule has 176 valence electrons. The molecule has 0 aliphatic carbocycles. The Morgan fingerprint density at radius 3 is 1.17 bits per heavy atom. The van der Waals surface area contributed by atoms with Crippen molar-refractivity contribution in [2.24, 2.45) is 5.73 Å². The average Bonchev–Trinajstić information content (AvgIpc) is 2.71. The molecule has 29 heavy (non-hydrogen) atoms. The van der Waals surface area contributed by atoms with Crippen molar-refractivity contribution in [1.29, 1.82) is 0 Å².